The molecule has 0 aromatic carbocycles. The topological polar surface area (TPSA) is 49.3 Å². The minimum atomic E-state index is -0.438. The first-order chi connectivity index (χ1) is 5.59. The van der Waals surface area contributed by atoms with Crippen molar-refractivity contribution in [2.45, 2.75) is 32.8 Å². The minimum absolute atomic E-state index is 0.106. The lowest BCUT2D eigenvalue weighted by atomic mass is 9.76. The summed E-state index contributed by atoms with van der Waals surface area (Å²) in [5, 5.41) is 11.6. The Morgan fingerprint density at radius 2 is 2.25 bits per heavy atom. The largest absolute Gasteiger partial charge is 0.392 e. The molecule has 0 radical (unpaired) electrons. The predicted molar refractivity (Wildman–Crippen MR) is 46.6 cm³/mol. The third-order valence-corrected chi connectivity index (χ3v) is 2.32. The van der Waals surface area contributed by atoms with Gasteiger partial charge < -0.3 is 10.4 Å². The molecule has 0 spiro atoms. The lowest BCUT2D eigenvalue weighted by Gasteiger charge is -2.31. The Morgan fingerprint density at radius 3 is 2.67 bits per heavy atom. The fourth-order valence-corrected chi connectivity index (χ4v) is 1.51. The molecule has 0 aromatic heterocycles. The highest BCUT2D eigenvalue weighted by atomic mass is 16.3. The van der Waals surface area contributed by atoms with E-state index in [2.05, 4.69) is 12.2 Å². The van der Waals surface area contributed by atoms with E-state index < -0.39 is 6.10 Å². The van der Waals surface area contributed by atoms with Gasteiger partial charge in [-0.25, -0.2) is 0 Å². The second-order valence-electron chi connectivity index (χ2n) is 3.87. The highest BCUT2D eigenvalue weighted by molar-refractivity contribution is 5.79. The summed E-state index contributed by atoms with van der Waals surface area (Å²) in [6, 6.07) is 0. The van der Waals surface area contributed by atoms with Gasteiger partial charge in [0.05, 0.1) is 6.10 Å². The van der Waals surface area contributed by atoms with E-state index in [4.69, 9.17) is 5.11 Å². The molecule has 0 aliphatic heterocycles. The normalized spacial score (nSPS) is 30.6. The van der Waals surface area contributed by atoms with E-state index in [-0.39, 0.29) is 11.8 Å². The number of hydrogen-bond donors (Lipinski definition) is 2. The summed E-state index contributed by atoms with van der Waals surface area (Å²) in [7, 11) is 0. The van der Waals surface area contributed by atoms with Gasteiger partial charge in [-0.05, 0) is 25.7 Å². The fraction of sp³-hybridized carbons (Fsp3) is 0.889. The molecule has 2 N–H and O–H groups in total. The summed E-state index contributed by atoms with van der Waals surface area (Å²) in [6.45, 7) is 4.20. The molecule has 1 fully saturated rings. The summed E-state index contributed by atoms with van der Waals surface area (Å²) >= 11 is 0. The van der Waals surface area contributed by atoms with Crippen molar-refractivity contribution in [3.05, 3.63) is 0 Å². The zero-order valence-corrected chi connectivity index (χ0v) is 7.71. The first kappa shape index (κ1) is 9.52. The number of nitrogens with one attached hydrogen (secondary N) is 1. The molecule has 3 heteroatoms. The van der Waals surface area contributed by atoms with E-state index in [0.717, 1.165) is 12.8 Å². The Bertz CT molecular complexity index is 162. The SMILES string of the molecule is CC1CC(C(=O)NC[C@H](C)O)C1. The van der Waals surface area contributed by atoms with Gasteiger partial charge in [-0.1, -0.05) is 6.92 Å². The molecule has 0 heterocycles. The van der Waals surface area contributed by atoms with E-state index in [0.29, 0.717) is 12.5 Å². The molecule has 0 unspecified atom stereocenters. The van der Waals surface area contributed by atoms with Crippen LogP contribution in [0.1, 0.15) is 26.7 Å². The average molecular weight is 171 g/mol. The molecule has 1 atom stereocenters. The molecule has 1 aliphatic carbocycles. The van der Waals surface area contributed by atoms with Gasteiger partial charge in [0.2, 0.25) is 5.91 Å². The van der Waals surface area contributed by atoms with Gasteiger partial charge in [0.25, 0.3) is 0 Å². The van der Waals surface area contributed by atoms with Crippen LogP contribution in [-0.4, -0.2) is 23.7 Å². The Kier molecular flexibility index (Phi) is 3.09. The van der Waals surface area contributed by atoms with E-state index >= 15 is 0 Å². The van der Waals surface area contributed by atoms with Crippen LogP contribution in [0, 0.1) is 11.8 Å². The fourth-order valence-electron chi connectivity index (χ4n) is 1.51. The number of aliphatic hydroxyl groups is 1. The second kappa shape index (κ2) is 3.90. The molecule has 0 saturated heterocycles. The molecule has 0 aromatic rings. The van der Waals surface area contributed by atoms with Gasteiger partial charge in [-0.3, -0.25) is 4.79 Å². The maximum Gasteiger partial charge on any atom is 0.223 e. The Hall–Kier alpha value is -0.570. The number of hydrogen-bond acceptors (Lipinski definition) is 2. The monoisotopic (exact) mass is 171 g/mol. The van der Waals surface area contributed by atoms with Crippen molar-refractivity contribution in [2.24, 2.45) is 11.8 Å². The molecule has 1 amide bonds. The van der Waals surface area contributed by atoms with Gasteiger partial charge >= 0.3 is 0 Å². The minimum Gasteiger partial charge on any atom is -0.392 e. The van der Waals surface area contributed by atoms with Crippen molar-refractivity contribution < 1.29 is 9.90 Å². The van der Waals surface area contributed by atoms with E-state index in [1.165, 1.54) is 0 Å². The van der Waals surface area contributed by atoms with E-state index in [9.17, 15) is 4.79 Å². The van der Waals surface area contributed by atoms with Crippen LogP contribution in [0.2, 0.25) is 0 Å². The van der Waals surface area contributed by atoms with Gasteiger partial charge in [0.15, 0.2) is 0 Å². The third-order valence-electron chi connectivity index (χ3n) is 2.32. The lowest BCUT2D eigenvalue weighted by molar-refractivity contribution is -0.129. The number of aliphatic hydroxyl groups excluding tert-OH is 1. The molecule has 1 rings (SSSR count). The standard InChI is InChI=1S/C9H17NO2/c1-6-3-8(4-6)9(12)10-5-7(2)11/h6-8,11H,3-5H2,1-2H3,(H,10,12)/t6?,7-,8?/m0/s1. The van der Waals surface area contributed by atoms with Crippen LogP contribution in [-0.2, 0) is 4.79 Å². The first-order valence-electron chi connectivity index (χ1n) is 4.55. The van der Waals surface area contributed by atoms with Gasteiger partial charge in [0, 0.05) is 12.5 Å². The van der Waals surface area contributed by atoms with Crippen LogP contribution in [0.4, 0.5) is 0 Å². The van der Waals surface area contributed by atoms with Crippen LogP contribution < -0.4 is 5.32 Å². The highest BCUT2D eigenvalue weighted by Crippen LogP contribution is 2.32. The van der Waals surface area contributed by atoms with Crippen LogP contribution in [0.5, 0.6) is 0 Å². The Labute approximate surface area is 73.2 Å². The molecular weight excluding hydrogens is 154 g/mol. The highest BCUT2D eigenvalue weighted by Gasteiger charge is 2.31. The number of carbonyl (C=O) groups excluding carboxylic acids is 1. The van der Waals surface area contributed by atoms with Crippen molar-refractivity contribution in [1.29, 1.82) is 0 Å². The first-order valence-corrected chi connectivity index (χ1v) is 4.55. The predicted octanol–water partition coefficient (Wildman–Crippen LogP) is 0.529. The number of rotatable bonds is 3. The van der Waals surface area contributed by atoms with Crippen molar-refractivity contribution in [3.63, 3.8) is 0 Å². The molecule has 12 heavy (non-hydrogen) atoms. The Balaban J connectivity index is 2.13. The summed E-state index contributed by atoms with van der Waals surface area (Å²) in [5.41, 5.74) is 0. The maximum absolute atomic E-state index is 11.3. The molecule has 1 aliphatic rings. The van der Waals surface area contributed by atoms with E-state index in [1.807, 2.05) is 0 Å². The smallest absolute Gasteiger partial charge is 0.223 e. The molecule has 3 nitrogen and oxygen atoms in total. The summed E-state index contributed by atoms with van der Waals surface area (Å²) in [4.78, 5) is 11.3. The lowest BCUT2D eigenvalue weighted by Crippen LogP contribution is -2.40. The maximum atomic E-state index is 11.3. The van der Waals surface area contributed by atoms with Crippen molar-refractivity contribution in [3.8, 4) is 0 Å². The van der Waals surface area contributed by atoms with Crippen molar-refractivity contribution in [1.82, 2.24) is 5.32 Å². The van der Waals surface area contributed by atoms with Crippen LogP contribution >= 0.6 is 0 Å². The summed E-state index contributed by atoms with van der Waals surface area (Å²) in [6.07, 6.45) is 1.57. The van der Waals surface area contributed by atoms with Crippen LogP contribution in [0.15, 0.2) is 0 Å². The zero-order valence-electron chi connectivity index (χ0n) is 7.71. The average Bonchev–Trinajstić information content (AvgIpc) is 1.94. The van der Waals surface area contributed by atoms with Crippen LogP contribution in [0.3, 0.4) is 0 Å². The molecule has 70 valence electrons. The second-order valence-corrected chi connectivity index (χ2v) is 3.87. The van der Waals surface area contributed by atoms with Gasteiger partial charge in [0.1, 0.15) is 0 Å². The van der Waals surface area contributed by atoms with Crippen molar-refractivity contribution in [2.75, 3.05) is 6.54 Å². The Morgan fingerprint density at radius 1 is 1.67 bits per heavy atom. The van der Waals surface area contributed by atoms with Crippen molar-refractivity contribution >= 4 is 5.91 Å². The molecule has 0 bridgehead atoms. The molecular formula is C9H17NO2. The summed E-state index contributed by atoms with van der Waals surface area (Å²) < 4.78 is 0. The van der Waals surface area contributed by atoms with Gasteiger partial charge in [-0.2, -0.15) is 0 Å². The molecule has 1 saturated carbocycles. The third kappa shape index (κ3) is 2.48. The quantitative estimate of drug-likeness (QED) is 0.650. The number of carbonyl (C=O) groups is 1. The van der Waals surface area contributed by atoms with Crippen LogP contribution in [0.25, 0.3) is 0 Å². The van der Waals surface area contributed by atoms with E-state index in [1.54, 1.807) is 6.92 Å². The zero-order chi connectivity index (χ0) is 9.14. The van der Waals surface area contributed by atoms with Gasteiger partial charge in [-0.15, -0.1) is 0 Å². The summed E-state index contributed by atoms with van der Waals surface area (Å²) in [5.74, 6) is 1.01. The number of amides is 1.